The molecule has 112 valence electrons. The van der Waals surface area contributed by atoms with Crippen molar-refractivity contribution in [3.63, 3.8) is 0 Å². The van der Waals surface area contributed by atoms with Crippen LogP contribution in [0.4, 0.5) is 5.69 Å². The molecule has 0 aliphatic carbocycles. The number of benzene rings is 2. The second-order valence-electron chi connectivity index (χ2n) is 5.24. The number of rotatable bonds is 4. The van der Waals surface area contributed by atoms with Crippen molar-refractivity contribution in [2.45, 2.75) is 13.3 Å². The molecule has 0 unspecified atom stereocenters. The van der Waals surface area contributed by atoms with Crippen LogP contribution >= 0.6 is 11.6 Å². The summed E-state index contributed by atoms with van der Waals surface area (Å²) in [4.78, 5) is 15.4. The minimum atomic E-state index is -0.825. The van der Waals surface area contributed by atoms with Crippen LogP contribution in [0.15, 0.2) is 36.4 Å². The number of hydrogen-bond donors (Lipinski definition) is 2. The first-order valence-electron chi connectivity index (χ1n) is 7.00. The Balaban J connectivity index is 2.20. The molecular formula is C17H15ClN2O2. The Bertz CT molecular complexity index is 877. The summed E-state index contributed by atoms with van der Waals surface area (Å²) in [7, 11) is 0. The molecule has 1 heterocycles. The molecule has 2 aromatic carbocycles. The summed E-state index contributed by atoms with van der Waals surface area (Å²) in [6, 6.07) is 11.6. The third-order valence-electron chi connectivity index (χ3n) is 3.53. The lowest BCUT2D eigenvalue weighted by molar-refractivity contribution is -0.136. The fourth-order valence-electron chi connectivity index (χ4n) is 2.52. The Morgan fingerprint density at radius 2 is 2.00 bits per heavy atom. The van der Waals surface area contributed by atoms with Crippen LogP contribution in [0.25, 0.3) is 21.8 Å². The minimum absolute atomic E-state index is 0.0602. The van der Waals surface area contributed by atoms with Crippen molar-refractivity contribution in [2.75, 3.05) is 11.9 Å². The van der Waals surface area contributed by atoms with E-state index in [0.29, 0.717) is 11.6 Å². The molecule has 0 radical (unpaired) electrons. The fraction of sp³-hybridized carbons (Fsp3) is 0.176. The molecular weight excluding hydrogens is 300 g/mol. The predicted octanol–water partition coefficient (Wildman–Crippen LogP) is 4.24. The molecule has 0 spiro atoms. The average Bonchev–Trinajstić information content (AvgIpc) is 2.46. The SMILES string of the molecule is Cc1ccc2nc3cc(Cl)ccc3c(NCCC(=O)O)c2c1. The Kier molecular flexibility index (Phi) is 3.86. The molecule has 3 rings (SSSR count). The van der Waals surface area contributed by atoms with Gasteiger partial charge in [0.15, 0.2) is 0 Å². The molecule has 2 N–H and O–H groups in total. The van der Waals surface area contributed by atoms with E-state index in [0.717, 1.165) is 33.1 Å². The second kappa shape index (κ2) is 5.81. The van der Waals surface area contributed by atoms with E-state index in [-0.39, 0.29) is 6.42 Å². The number of hydrogen-bond acceptors (Lipinski definition) is 3. The van der Waals surface area contributed by atoms with Gasteiger partial charge >= 0.3 is 5.97 Å². The molecule has 0 bridgehead atoms. The molecule has 5 heteroatoms. The summed E-state index contributed by atoms with van der Waals surface area (Å²) in [5.41, 5.74) is 3.69. The molecule has 0 aliphatic rings. The largest absolute Gasteiger partial charge is 0.481 e. The van der Waals surface area contributed by atoms with Gasteiger partial charge in [0.2, 0.25) is 0 Å². The number of carboxylic acid groups (broad SMARTS) is 1. The van der Waals surface area contributed by atoms with E-state index in [2.05, 4.69) is 16.4 Å². The van der Waals surface area contributed by atoms with Gasteiger partial charge < -0.3 is 10.4 Å². The molecule has 0 fully saturated rings. The van der Waals surface area contributed by atoms with Crippen LogP contribution in [-0.2, 0) is 4.79 Å². The first-order valence-corrected chi connectivity index (χ1v) is 7.38. The van der Waals surface area contributed by atoms with Gasteiger partial charge in [-0.1, -0.05) is 23.2 Å². The van der Waals surface area contributed by atoms with E-state index in [9.17, 15) is 4.79 Å². The van der Waals surface area contributed by atoms with Crippen molar-refractivity contribution in [2.24, 2.45) is 0 Å². The van der Waals surface area contributed by atoms with Gasteiger partial charge in [-0.3, -0.25) is 4.79 Å². The summed E-state index contributed by atoms with van der Waals surface area (Å²) >= 11 is 6.06. The summed E-state index contributed by atoms with van der Waals surface area (Å²) in [6.07, 6.45) is 0.0602. The van der Waals surface area contributed by atoms with Crippen LogP contribution in [0.3, 0.4) is 0 Å². The van der Waals surface area contributed by atoms with Crippen LogP contribution in [0, 0.1) is 6.92 Å². The number of pyridine rings is 1. The van der Waals surface area contributed by atoms with Gasteiger partial charge in [0, 0.05) is 22.3 Å². The lowest BCUT2D eigenvalue weighted by Crippen LogP contribution is -2.08. The number of fused-ring (bicyclic) bond motifs is 2. The summed E-state index contributed by atoms with van der Waals surface area (Å²) in [5, 5.41) is 14.6. The van der Waals surface area contributed by atoms with Crippen molar-refractivity contribution in [1.29, 1.82) is 0 Å². The summed E-state index contributed by atoms with van der Waals surface area (Å²) in [5.74, 6) is -0.825. The number of aromatic nitrogens is 1. The Morgan fingerprint density at radius 3 is 2.77 bits per heavy atom. The zero-order valence-corrected chi connectivity index (χ0v) is 12.8. The molecule has 0 aliphatic heterocycles. The van der Waals surface area contributed by atoms with E-state index >= 15 is 0 Å². The van der Waals surface area contributed by atoms with Crippen LogP contribution in [-0.4, -0.2) is 22.6 Å². The third kappa shape index (κ3) is 2.83. The second-order valence-corrected chi connectivity index (χ2v) is 5.68. The number of halogens is 1. The van der Waals surface area contributed by atoms with Gasteiger partial charge in [0.05, 0.1) is 23.1 Å². The van der Waals surface area contributed by atoms with Crippen molar-refractivity contribution >= 4 is 45.1 Å². The van der Waals surface area contributed by atoms with Crippen LogP contribution < -0.4 is 5.32 Å². The first kappa shape index (κ1) is 14.6. The number of anilines is 1. The standard InChI is InChI=1S/C17H15ClN2O2/c1-10-2-5-14-13(8-10)17(19-7-6-16(21)22)12-4-3-11(18)9-15(12)20-14/h2-5,8-9H,6-7H2,1H3,(H,19,20)(H,21,22). The first-order chi connectivity index (χ1) is 10.5. The van der Waals surface area contributed by atoms with Gasteiger partial charge in [0.1, 0.15) is 0 Å². The quantitative estimate of drug-likeness (QED) is 0.707. The molecule has 4 nitrogen and oxygen atoms in total. The van der Waals surface area contributed by atoms with Crippen LogP contribution in [0.5, 0.6) is 0 Å². The molecule has 0 saturated carbocycles. The topological polar surface area (TPSA) is 62.2 Å². The molecule has 0 saturated heterocycles. The number of aliphatic carboxylic acids is 1. The molecule has 22 heavy (non-hydrogen) atoms. The van der Waals surface area contributed by atoms with Crippen molar-refractivity contribution in [3.8, 4) is 0 Å². The maximum absolute atomic E-state index is 10.7. The fourth-order valence-corrected chi connectivity index (χ4v) is 2.68. The zero-order chi connectivity index (χ0) is 15.7. The molecule has 3 aromatic rings. The molecule has 0 atom stereocenters. The highest BCUT2D eigenvalue weighted by atomic mass is 35.5. The van der Waals surface area contributed by atoms with Gasteiger partial charge in [-0.2, -0.15) is 0 Å². The highest BCUT2D eigenvalue weighted by Gasteiger charge is 2.10. The smallest absolute Gasteiger partial charge is 0.305 e. The minimum Gasteiger partial charge on any atom is -0.481 e. The number of aryl methyl sites for hydroxylation is 1. The lowest BCUT2D eigenvalue weighted by Gasteiger charge is -2.13. The highest BCUT2D eigenvalue weighted by molar-refractivity contribution is 6.31. The normalized spacial score (nSPS) is 11.0. The van der Waals surface area contributed by atoms with E-state index in [1.807, 2.05) is 37.3 Å². The third-order valence-corrected chi connectivity index (χ3v) is 3.77. The number of carboxylic acids is 1. The highest BCUT2D eigenvalue weighted by Crippen LogP contribution is 2.32. The van der Waals surface area contributed by atoms with Crippen molar-refractivity contribution < 1.29 is 9.90 Å². The van der Waals surface area contributed by atoms with Gasteiger partial charge in [-0.15, -0.1) is 0 Å². The van der Waals surface area contributed by atoms with Crippen LogP contribution in [0.2, 0.25) is 5.02 Å². The summed E-state index contributed by atoms with van der Waals surface area (Å²) in [6.45, 7) is 2.38. The Hall–Kier alpha value is -2.33. The lowest BCUT2D eigenvalue weighted by atomic mass is 10.1. The maximum Gasteiger partial charge on any atom is 0.305 e. The molecule has 0 amide bonds. The number of nitrogens with one attached hydrogen (secondary N) is 1. The number of carbonyl (C=O) groups is 1. The predicted molar refractivity (Wildman–Crippen MR) is 89.7 cm³/mol. The number of nitrogens with zero attached hydrogens (tertiary/aromatic N) is 1. The van der Waals surface area contributed by atoms with E-state index < -0.39 is 5.97 Å². The van der Waals surface area contributed by atoms with Crippen LogP contribution in [0.1, 0.15) is 12.0 Å². The zero-order valence-electron chi connectivity index (χ0n) is 12.1. The van der Waals surface area contributed by atoms with E-state index in [4.69, 9.17) is 16.7 Å². The van der Waals surface area contributed by atoms with Gasteiger partial charge in [-0.25, -0.2) is 4.98 Å². The van der Waals surface area contributed by atoms with E-state index in [1.54, 1.807) is 0 Å². The van der Waals surface area contributed by atoms with Crippen molar-refractivity contribution in [1.82, 2.24) is 4.98 Å². The average molecular weight is 315 g/mol. The van der Waals surface area contributed by atoms with Gasteiger partial charge in [0.25, 0.3) is 0 Å². The summed E-state index contributed by atoms with van der Waals surface area (Å²) < 4.78 is 0. The maximum atomic E-state index is 10.7. The van der Waals surface area contributed by atoms with Crippen molar-refractivity contribution in [3.05, 3.63) is 47.0 Å². The monoisotopic (exact) mass is 314 g/mol. The molecule has 1 aromatic heterocycles. The van der Waals surface area contributed by atoms with Gasteiger partial charge in [-0.05, 0) is 37.3 Å². The Labute approximate surface area is 132 Å². The van der Waals surface area contributed by atoms with E-state index in [1.165, 1.54) is 0 Å². The Morgan fingerprint density at radius 1 is 1.18 bits per heavy atom.